The number of benzene rings is 1. The van der Waals surface area contributed by atoms with E-state index in [1.54, 1.807) is 12.1 Å². The highest BCUT2D eigenvalue weighted by atomic mass is 35.5. The van der Waals surface area contributed by atoms with Gasteiger partial charge in [-0.1, -0.05) is 44.0 Å². The van der Waals surface area contributed by atoms with E-state index in [4.69, 9.17) is 11.6 Å². The van der Waals surface area contributed by atoms with Crippen LogP contribution in [0.15, 0.2) is 33.9 Å². The summed E-state index contributed by atoms with van der Waals surface area (Å²) in [6, 6.07) is 7.51. The first-order valence-corrected chi connectivity index (χ1v) is 7.59. The molecule has 0 unspecified atom stereocenters. The molecule has 0 aliphatic rings. The molecule has 0 aliphatic heterocycles. The molecule has 112 valence electrons. The number of nitrogens with one attached hydrogen (secondary N) is 1. The van der Waals surface area contributed by atoms with Crippen LogP contribution in [0.1, 0.15) is 37.8 Å². The Kier molecular flexibility index (Phi) is 5.02. The molecular weight excluding hydrogens is 288 g/mol. The number of aromatic amines is 1. The second kappa shape index (κ2) is 6.76. The van der Waals surface area contributed by atoms with Gasteiger partial charge in [-0.25, -0.2) is 9.36 Å². The van der Waals surface area contributed by atoms with Crippen molar-refractivity contribution in [2.45, 2.75) is 39.5 Å². The molecule has 21 heavy (non-hydrogen) atoms. The van der Waals surface area contributed by atoms with Crippen molar-refractivity contribution in [2.75, 3.05) is 0 Å². The van der Waals surface area contributed by atoms with Gasteiger partial charge in [0.2, 0.25) is 0 Å². The zero-order valence-electron chi connectivity index (χ0n) is 12.3. The maximum atomic E-state index is 12.4. The Morgan fingerprint density at radius 1 is 1.14 bits per heavy atom. The zero-order chi connectivity index (χ0) is 15.4. The monoisotopic (exact) mass is 306 g/mol. The number of aromatic nitrogens is 2. The third kappa shape index (κ3) is 3.27. The average molecular weight is 307 g/mol. The van der Waals surface area contributed by atoms with E-state index < -0.39 is 5.69 Å². The summed E-state index contributed by atoms with van der Waals surface area (Å²) in [7, 11) is 0. The Labute approximate surface area is 128 Å². The summed E-state index contributed by atoms with van der Waals surface area (Å²) in [5.74, 6) is 0. The van der Waals surface area contributed by atoms with Crippen LogP contribution in [0.2, 0.25) is 5.15 Å². The van der Waals surface area contributed by atoms with Crippen LogP contribution >= 0.6 is 11.6 Å². The fourth-order valence-electron chi connectivity index (χ4n) is 2.28. The summed E-state index contributed by atoms with van der Waals surface area (Å²) < 4.78 is 1.13. The van der Waals surface area contributed by atoms with Gasteiger partial charge in [-0.3, -0.25) is 9.78 Å². The Balaban J connectivity index is 2.47. The van der Waals surface area contributed by atoms with Crippen LogP contribution in [-0.2, 0) is 12.8 Å². The largest absolute Gasteiger partial charge is 0.334 e. The van der Waals surface area contributed by atoms with Crippen LogP contribution in [0.5, 0.6) is 0 Å². The smallest absolute Gasteiger partial charge is 0.297 e. The molecule has 1 aromatic heterocycles. The minimum atomic E-state index is -0.511. The van der Waals surface area contributed by atoms with Crippen LogP contribution in [0.4, 0.5) is 0 Å². The Bertz CT molecular complexity index is 729. The highest BCUT2D eigenvalue weighted by molar-refractivity contribution is 6.30. The summed E-state index contributed by atoms with van der Waals surface area (Å²) in [5.41, 5.74) is 1.32. The van der Waals surface area contributed by atoms with E-state index in [2.05, 4.69) is 11.9 Å². The van der Waals surface area contributed by atoms with Gasteiger partial charge < -0.3 is 0 Å². The van der Waals surface area contributed by atoms with Crippen LogP contribution in [0, 0.1) is 0 Å². The minimum Gasteiger partial charge on any atom is -0.297 e. The van der Waals surface area contributed by atoms with Gasteiger partial charge >= 0.3 is 5.69 Å². The normalized spacial score (nSPS) is 10.8. The van der Waals surface area contributed by atoms with Crippen LogP contribution in [-0.4, -0.2) is 9.55 Å². The number of H-pyrrole nitrogens is 1. The van der Waals surface area contributed by atoms with Crippen molar-refractivity contribution in [3.8, 4) is 5.69 Å². The lowest BCUT2D eigenvalue weighted by molar-refractivity contribution is 0.793. The number of unbranched alkanes of at least 4 members (excludes halogenated alkanes) is 1. The summed E-state index contributed by atoms with van der Waals surface area (Å²) in [5, 5.41) is 0.128. The standard InChI is InChI=1S/C16H19ClN2O2/c1-3-5-6-11-7-9-12(10-8-11)19-15(20)13(4-2)14(17)18-16(19)21/h7-10H,3-6H2,1-2H3,(H,18,21). The van der Waals surface area contributed by atoms with Crippen molar-refractivity contribution in [2.24, 2.45) is 0 Å². The molecule has 5 heteroatoms. The van der Waals surface area contributed by atoms with Gasteiger partial charge in [0.15, 0.2) is 0 Å². The molecule has 0 amide bonds. The Morgan fingerprint density at radius 3 is 2.38 bits per heavy atom. The van der Waals surface area contributed by atoms with Gasteiger partial charge in [0, 0.05) is 0 Å². The molecule has 1 heterocycles. The molecule has 2 rings (SSSR count). The highest BCUT2D eigenvalue weighted by Gasteiger charge is 2.12. The topological polar surface area (TPSA) is 54.9 Å². The third-order valence-corrected chi connectivity index (χ3v) is 3.84. The molecule has 0 bridgehead atoms. The van der Waals surface area contributed by atoms with Crippen LogP contribution in [0.3, 0.4) is 0 Å². The van der Waals surface area contributed by atoms with Crippen molar-refractivity contribution in [3.05, 3.63) is 61.4 Å². The quantitative estimate of drug-likeness (QED) is 0.863. The average Bonchev–Trinajstić information content (AvgIpc) is 2.46. The van der Waals surface area contributed by atoms with Crippen molar-refractivity contribution >= 4 is 11.6 Å². The summed E-state index contributed by atoms with van der Waals surface area (Å²) in [4.78, 5) is 26.9. The second-order valence-corrected chi connectivity index (χ2v) is 5.36. The van der Waals surface area contributed by atoms with Crippen molar-refractivity contribution in [3.63, 3.8) is 0 Å². The molecule has 2 aromatic rings. The molecule has 0 fully saturated rings. The lowest BCUT2D eigenvalue weighted by Crippen LogP contribution is -2.36. The van der Waals surface area contributed by atoms with Gasteiger partial charge in [-0.05, 0) is 37.0 Å². The number of hydrogen-bond acceptors (Lipinski definition) is 2. The molecule has 0 radical (unpaired) electrons. The molecule has 1 aromatic carbocycles. The molecule has 0 saturated heterocycles. The van der Waals surface area contributed by atoms with Crippen molar-refractivity contribution in [1.82, 2.24) is 9.55 Å². The van der Waals surface area contributed by atoms with Gasteiger partial charge in [0.05, 0.1) is 11.3 Å². The van der Waals surface area contributed by atoms with Gasteiger partial charge in [-0.2, -0.15) is 0 Å². The third-order valence-electron chi connectivity index (χ3n) is 3.51. The molecule has 0 saturated carbocycles. The molecule has 1 N–H and O–H groups in total. The van der Waals surface area contributed by atoms with E-state index in [9.17, 15) is 9.59 Å². The van der Waals surface area contributed by atoms with Crippen LogP contribution in [0.25, 0.3) is 5.69 Å². The summed E-state index contributed by atoms with van der Waals surface area (Å²) >= 11 is 5.91. The lowest BCUT2D eigenvalue weighted by atomic mass is 10.1. The summed E-state index contributed by atoms with van der Waals surface area (Å²) in [6.07, 6.45) is 3.74. The highest BCUT2D eigenvalue weighted by Crippen LogP contribution is 2.11. The van der Waals surface area contributed by atoms with Gasteiger partial charge in [0.25, 0.3) is 5.56 Å². The number of hydrogen-bond donors (Lipinski definition) is 1. The first-order valence-electron chi connectivity index (χ1n) is 7.21. The molecule has 0 spiro atoms. The van der Waals surface area contributed by atoms with E-state index in [0.29, 0.717) is 17.7 Å². The predicted molar refractivity (Wildman–Crippen MR) is 85.7 cm³/mol. The molecular formula is C16H19ClN2O2. The molecule has 0 atom stereocenters. The Morgan fingerprint density at radius 2 is 1.81 bits per heavy atom. The number of rotatable bonds is 5. The van der Waals surface area contributed by atoms with Gasteiger partial charge in [0.1, 0.15) is 5.15 Å². The maximum absolute atomic E-state index is 12.4. The van der Waals surface area contributed by atoms with E-state index in [1.165, 1.54) is 5.56 Å². The number of halogens is 1. The fraction of sp³-hybridized carbons (Fsp3) is 0.375. The first-order chi connectivity index (χ1) is 10.1. The molecule has 0 aliphatic carbocycles. The number of aryl methyl sites for hydroxylation is 1. The van der Waals surface area contributed by atoms with E-state index >= 15 is 0 Å². The second-order valence-electron chi connectivity index (χ2n) is 4.99. The zero-order valence-corrected chi connectivity index (χ0v) is 13.0. The van der Waals surface area contributed by atoms with E-state index in [0.717, 1.165) is 23.8 Å². The van der Waals surface area contributed by atoms with E-state index in [-0.39, 0.29) is 10.7 Å². The lowest BCUT2D eigenvalue weighted by Gasteiger charge is -2.08. The SMILES string of the molecule is CCCCc1ccc(-n2c(=O)[nH]c(Cl)c(CC)c2=O)cc1. The van der Waals surface area contributed by atoms with E-state index in [1.807, 2.05) is 19.1 Å². The Hall–Kier alpha value is -1.81. The minimum absolute atomic E-state index is 0.128. The number of nitrogens with zero attached hydrogens (tertiary/aromatic N) is 1. The van der Waals surface area contributed by atoms with Crippen LogP contribution < -0.4 is 11.2 Å². The predicted octanol–water partition coefficient (Wildman–Crippen LogP) is 3.08. The molecule has 4 nitrogen and oxygen atoms in total. The van der Waals surface area contributed by atoms with Crippen molar-refractivity contribution in [1.29, 1.82) is 0 Å². The summed E-state index contributed by atoms with van der Waals surface area (Å²) in [6.45, 7) is 3.98. The van der Waals surface area contributed by atoms with Crippen molar-refractivity contribution < 1.29 is 0 Å². The maximum Gasteiger partial charge on any atom is 0.334 e. The fourth-order valence-corrected chi connectivity index (χ4v) is 2.58. The van der Waals surface area contributed by atoms with Gasteiger partial charge in [-0.15, -0.1) is 0 Å². The first kappa shape index (κ1) is 15.6.